The van der Waals surface area contributed by atoms with Gasteiger partial charge in [-0.05, 0) is 51.7 Å². The first kappa shape index (κ1) is 16.8. The number of carbonyl (C=O) groups excluding carboxylic acids is 2. The van der Waals surface area contributed by atoms with Gasteiger partial charge in [0.1, 0.15) is 5.60 Å². The Hall–Kier alpha value is -2.04. The van der Waals surface area contributed by atoms with Gasteiger partial charge in [-0.15, -0.1) is 0 Å². The van der Waals surface area contributed by atoms with Crippen molar-refractivity contribution in [3.05, 3.63) is 35.9 Å². The number of fused-ring (bicyclic) bond motifs is 1. The Bertz CT molecular complexity index is 609. The average Bonchev–Trinajstić information content (AvgIpc) is 3.07. The zero-order valence-electron chi connectivity index (χ0n) is 14.6. The molecule has 1 saturated heterocycles. The standard InChI is InChI=1S/C19H26N2O3/c1-19(2,3)24-18(23)20-16-10-9-14-11-21(12-15(14)16)17(22)13-7-5-4-6-8-13/h4-8,14-16H,9-12H2,1-3H3,(H,20,23). The first-order valence-corrected chi connectivity index (χ1v) is 8.67. The summed E-state index contributed by atoms with van der Waals surface area (Å²) in [6.07, 6.45) is 1.65. The van der Waals surface area contributed by atoms with Gasteiger partial charge in [-0.2, -0.15) is 0 Å². The molecule has 5 heteroatoms. The Balaban J connectivity index is 1.60. The van der Waals surface area contributed by atoms with E-state index < -0.39 is 5.60 Å². The average molecular weight is 330 g/mol. The molecular weight excluding hydrogens is 304 g/mol. The molecule has 3 unspecified atom stereocenters. The molecule has 3 atom stereocenters. The molecule has 1 heterocycles. The normalized spacial score (nSPS) is 26.1. The summed E-state index contributed by atoms with van der Waals surface area (Å²) >= 11 is 0. The lowest BCUT2D eigenvalue weighted by molar-refractivity contribution is 0.0491. The summed E-state index contributed by atoms with van der Waals surface area (Å²) < 4.78 is 5.36. The van der Waals surface area contributed by atoms with Gasteiger partial charge in [-0.3, -0.25) is 4.79 Å². The van der Waals surface area contributed by atoms with Gasteiger partial charge < -0.3 is 15.0 Å². The zero-order chi connectivity index (χ0) is 17.3. The number of hydrogen-bond acceptors (Lipinski definition) is 3. The highest BCUT2D eigenvalue weighted by Crippen LogP contribution is 2.38. The van der Waals surface area contributed by atoms with E-state index in [0.29, 0.717) is 18.4 Å². The molecule has 3 rings (SSSR count). The molecule has 5 nitrogen and oxygen atoms in total. The molecule has 24 heavy (non-hydrogen) atoms. The third-order valence-corrected chi connectivity index (χ3v) is 4.87. The van der Waals surface area contributed by atoms with Crippen LogP contribution in [-0.2, 0) is 4.74 Å². The van der Waals surface area contributed by atoms with Crippen LogP contribution in [0.2, 0.25) is 0 Å². The van der Waals surface area contributed by atoms with Crippen molar-refractivity contribution < 1.29 is 14.3 Å². The van der Waals surface area contributed by atoms with Crippen LogP contribution in [0.25, 0.3) is 0 Å². The van der Waals surface area contributed by atoms with Gasteiger partial charge in [-0.1, -0.05) is 18.2 Å². The number of alkyl carbamates (subject to hydrolysis) is 1. The quantitative estimate of drug-likeness (QED) is 0.906. The summed E-state index contributed by atoms with van der Waals surface area (Å²) in [5.74, 6) is 0.879. The molecule has 2 amide bonds. The molecule has 0 bridgehead atoms. The van der Waals surface area contributed by atoms with Crippen LogP contribution in [0.4, 0.5) is 4.79 Å². The van der Waals surface area contributed by atoms with Crippen molar-refractivity contribution in [1.82, 2.24) is 10.2 Å². The van der Waals surface area contributed by atoms with Gasteiger partial charge >= 0.3 is 6.09 Å². The van der Waals surface area contributed by atoms with Crippen molar-refractivity contribution in [2.45, 2.75) is 45.3 Å². The van der Waals surface area contributed by atoms with Crippen molar-refractivity contribution in [2.75, 3.05) is 13.1 Å². The molecule has 1 saturated carbocycles. The van der Waals surface area contributed by atoms with Crippen molar-refractivity contribution in [1.29, 1.82) is 0 Å². The summed E-state index contributed by atoms with van der Waals surface area (Å²) in [7, 11) is 0. The SMILES string of the molecule is CC(C)(C)OC(=O)NC1CCC2CN(C(=O)c3ccccc3)CC21. The molecule has 1 aromatic carbocycles. The van der Waals surface area contributed by atoms with E-state index in [4.69, 9.17) is 4.74 Å². The van der Waals surface area contributed by atoms with Crippen molar-refractivity contribution in [2.24, 2.45) is 11.8 Å². The number of ether oxygens (including phenoxy) is 1. The second kappa shape index (κ2) is 6.46. The molecule has 1 aliphatic carbocycles. The van der Waals surface area contributed by atoms with Crippen LogP contribution in [0, 0.1) is 11.8 Å². The first-order valence-electron chi connectivity index (χ1n) is 8.67. The highest BCUT2D eigenvalue weighted by molar-refractivity contribution is 5.94. The molecule has 1 aromatic rings. The number of rotatable bonds is 2. The van der Waals surface area contributed by atoms with Crippen LogP contribution in [0.3, 0.4) is 0 Å². The van der Waals surface area contributed by atoms with Crippen LogP contribution < -0.4 is 5.32 Å². The van der Waals surface area contributed by atoms with Gasteiger partial charge in [0.25, 0.3) is 5.91 Å². The Kier molecular flexibility index (Phi) is 4.52. The number of hydrogen-bond donors (Lipinski definition) is 1. The van der Waals surface area contributed by atoms with E-state index in [1.165, 1.54) is 0 Å². The molecule has 1 aliphatic heterocycles. The van der Waals surface area contributed by atoms with E-state index >= 15 is 0 Å². The second-order valence-electron chi connectivity index (χ2n) is 7.83. The third-order valence-electron chi connectivity index (χ3n) is 4.87. The van der Waals surface area contributed by atoms with Gasteiger partial charge in [0, 0.05) is 30.6 Å². The van der Waals surface area contributed by atoms with Gasteiger partial charge in [0.15, 0.2) is 0 Å². The van der Waals surface area contributed by atoms with Gasteiger partial charge in [0.05, 0.1) is 0 Å². The van der Waals surface area contributed by atoms with E-state index in [1.807, 2.05) is 56.0 Å². The minimum absolute atomic E-state index is 0.0843. The second-order valence-corrected chi connectivity index (χ2v) is 7.83. The van der Waals surface area contributed by atoms with E-state index in [-0.39, 0.29) is 18.0 Å². The maximum atomic E-state index is 12.6. The lowest BCUT2D eigenvalue weighted by Gasteiger charge is -2.25. The maximum Gasteiger partial charge on any atom is 0.407 e. The summed E-state index contributed by atoms with van der Waals surface area (Å²) in [6, 6.07) is 9.49. The summed E-state index contributed by atoms with van der Waals surface area (Å²) in [5, 5.41) is 3.01. The Morgan fingerprint density at radius 2 is 1.83 bits per heavy atom. The fourth-order valence-electron chi connectivity index (χ4n) is 3.83. The molecule has 2 aliphatic rings. The highest BCUT2D eigenvalue weighted by atomic mass is 16.6. The van der Waals surface area contributed by atoms with Crippen LogP contribution >= 0.6 is 0 Å². The lowest BCUT2D eigenvalue weighted by atomic mass is 9.98. The fraction of sp³-hybridized carbons (Fsp3) is 0.579. The smallest absolute Gasteiger partial charge is 0.407 e. The molecule has 0 aromatic heterocycles. The van der Waals surface area contributed by atoms with E-state index in [0.717, 1.165) is 24.9 Å². The Labute approximate surface area is 143 Å². The number of benzene rings is 1. The molecule has 2 fully saturated rings. The Morgan fingerprint density at radius 3 is 2.50 bits per heavy atom. The summed E-state index contributed by atoms with van der Waals surface area (Å²) in [4.78, 5) is 26.6. The van der Waals surface area contributed by atoms with Crippen LogP contribution in [0.5, 0.6) is 0 Å². The molecule has 0 radical (unpaired) electrons. The largest absolute Gasteiger partial charge is 0.444 e. The lowest BCUT2D eigenvalue weighted by Crippen LogP contribution is -2.42. The number of likely N-dealkylation sites (tertiary alicyclic amines) is 1. The van der Waals surface area contributed by atoms with Crippen LogP contribution in [0.15, 0.2) is 30.3 Å². The summed E-state index contributed by atoms with van der Waals surface area (Å²) in [6.45, 7) is 7.07. The molecule has 0 spiro atoms. The number of amides is 2. The third kappa shape index (κ3) is 3.71. The number of nitrogens with zero attached hydrogens (tertiary/aromatic N) is 1. The zero-order valence-corrected chi connectivity index (χ0v) is 14.6. The fourth-order valence-corrected chi connectivity index (χ4v) is 3.83. The summed E-state index contributed by atoms with van der Waals surface area (Å²) in [5.41, 5.74) is 0.238. The predicted molar refractivity (Wildman–Crippen MR) is 91.7 cm³/mol. The molecule has 1 N–H and O–H groups in total. The number of nitrogens with one attached hydrogen (secondary N) is 1. The number of carbonyl (C=O) groups is 2. The van der Waals surface area contributed by atoms with E-state index in [1.54, 1.807) is 0 Å². The monoisotopic (exact) mass is 330 g/mol. The van der Waals surface area contributed by atoms with Crippen molar-refractivity contribution in [3.8, 4) is 0 Å². The van der Waals surface area contributed by atoms with Crippen molar-refractivity contribution in [3.63, 3.8) is 0 Å². The maximum absolute atomic E-state index is 12.6. The van der Waals surface area contributed by atoms with Gasteiger partial charge in [0.2, 0.25) is 0 Å². The first-order chi connectivity index (χ1) is 11.3. The minimum atomic E-state index is -0.493. The van der Waals surface area contributed by atoms with Crippen molar-refractivity contribution >= 4 is 12.0 Å². The van der Waals surface area contributed by atoms with Crippen LogP contribution in [0.1, 0.15) is 44.0 Å². The molecular formula is C19H26N2O3. The predicted octanol–water partition coefficient (Wildman–Crippen LogP) is 3.06. The van der Waals surface area contributed by atoms with E-state index in [2.05, 4.69) is 5.32 Å². The highest BCUT2D eigenvalue weighted by Gasteiger charge is 2.44. The van der Waals surface area contributed by atoms with Gasteiger partial charge in [-0.25, -0.2) is 4.79 Å². The topological polar surface area (TPSA) is 58.6 Å². The Morgan fingerprint density at radius 1 is 1.12 bits per heavy atom. The molecule has 130 valence electrons. The minimum Gasteiger partial charge on any atom is -0.444 e. The van der Waals surface area contributed by atoms with E-state index in [9.17, 15) is 9.59 Å². The van der Waals surface area contributed by atoms with Crippen LogP contribution in [-0.4, -0.2) is 41.6 Å².